The Morgan fingerprint density at radius 1 is 1.22 bits per heavy atom. The smallest absolute Gasteiger partial charge is 0.331 e. The van der Waals surface area contributed by atoms with E-state index < -0.39 is 5.54 Å². The molecule has 0 bridgehead atoms. The third-order valence-electron chi connectivity index (χ3n) is 5.62. The first kappa shape index (κ1) is 21.5. The van der Waals surface area contributed by atoms with Crippen molar-refractivity contribution in [3.8, 4) is 5.75 Å². The number of hydrogen-bond acceptors (Lipinski definition) is 4. The van der Waals surface area contributed by atoms with Gasteiger partial charge in [-0.05, 0) is 49.1 Å². The third-order valence-corrected chi connectivity index (χ3v) is 5.85. The number of halogens is 1. The molecule has 1 aromatic carbocycles. The molecule has 0 saturated heterocycles. The molecular formula is C21H30ClNO4. The molecule has 1 aliphatic rings. The zero-order chi connectivity index (χ0) is 20.2. The van der Waals surface area contributed by atoms with Crippen molar-refractivity contribution in [3.63, 3.8) is 0 Å². The van der Waals surface area contributed by atoms with Gasteiger partial charge in [-0.3, -0.25) is 4.79 Å². The minimum absolute atomic E-state index is 0.113. The number of methoxy groups -OCH3 is 2. The van der Waals surface area contributed by atoms with Crippen LogP contribution in [0.25, 0.3) is 0 Å². The first-order chi connectivity index (χ1) is 12.6. The number of hydrogen-bond donors (Lipinski definition) is 1. The highest BCUT2D eigenvalue weighted by Crippen LogP contribution is 2.42. The molecular weight excluding hydrogens is 366 g/mol. The van der Waals surface area contributed by atoms with Gasteiger partial charge in [0.25, 0.3) is 0 Å². The van der Waals surface area contributed by atoms with Crippen LogP contribution in [-0.4, -0.2) is 31.6 Å². The summed E-state index contributed by atoms with van der Waals surface area (Å²) >= 11 is 5.98. The van der Waals surface area contributed by atoms with E-state index in [4.69, 9.17) is 21.1 Å². The van der Waals surface area contributed by atoms with E-state index in [0.717, 1.165) is 18.4 Å². The molecule has 0 heterocycles. The average molecular weight is 396 g/mol. The number of benzene rings is 1. The fourth-order valence-electron chi connectivity index (χ4n) is 3.90. The standard InChI is InChI=1S/C21H30ClNO4/c1-20(2,3)15-8-10-21(11-9-15,19(25)27-5)23-18(24)12-14-6-7-16(22)13-17(14)26-4/h6-7,13,15H,8-12H2,1-5H3,(H,23,24). The van der Waals surface area contributed by atoms with Gasteiger partial charge in [0, 0.05) is 10.6 Å². The second kappa shape index (κ2) is 8.51. The van der Waals surface area contributed by atoms with Gasteiger partial charge in [0.15, 0.2) is 0 Å². The second-order valence-corrected chi connectivity index (χ2v) is 8.83. The van der Waals surface area contributed by atoms with Crippen LogP contribution < -0.4 is 10.1 Å². The summed E-state index contributed by atoms with van der Waals surface area (Å²) in [4.78, 5) is 25.3. The largest absolute Gasteiger partial charge is 0.496 e. The highest BCUT2D eigenvalue weighted by atomic mass is 35.5. The molecule has 1 amide bonds. The van der Waals surface area contributed by atoms with Crippen molar-refractivity contribution >= 4 is 23.5 Å². The van der Waals surface area contributed by atoms with Gasteiger partial charge in [-0.1, -0.05) is 38.4 Å². The van der Waals surface area contributed by atoms with Crippen molar-refractivity contribution in [2.24, 2.45) is 11.3 Å². The first-order valence-electron chi connectivity index (χ1n) is 9.33. The molecule has 1 aromatic rings. The highest BCUT2D eigenvalue weighted by molar-refractivity contribution is 6.30. The molecule has 0 atom stereocenters. The number of amides is 1. The highest BCUT2D eigenvalue weighted by Gasteiger charge is 2.45. The zero-order valence-corrected chi connectivity index (χ0v) is 17.6. The quantitative estimate of drug-likeness (QED) is 0.760. The van der Waals surface area contributed by atoms with Gasteiger partial charge < -0.3 is 14.8 Å². The molecule has 1 aliphatic carbocycles. The molecule has 0 spiro atoms. The van der Waals surface area contributed by atoms with Gasteiger partial charge in [-0.2, -0.15) is 0 Å². The van der Waals surface area contributed by atoms with Crippen LogP contribution in [0, 0.1) is 11.3 Å². The van der Waals surface area contributed by atoms with E-state index in [0.29, 0.717) is 29.5 Å². The van der Waals surface area contributed by atoms with Gasteiger partial charge >= 0.3 is 5.97 Å². The Labute approximate surface area is 166 Å². The number of esters is 1. The van der Waals surface area contributed by atoms with Gasteiger partial charge in [-0.15, -0.1) is 0 Å². The second-order valence-electron chi connectivity index (χ2n) is 8.40. The van der Waals surface area contributed by atoms with E-state index in [1.165, 1.54) is 14.2 Å². The lowest BCUT2D eigenvalue weighted by molar-refractivity contribution is -0.153. The summed E-state index contributed by atoms with van der Waals surface area (Å²) in [5.74, 6) is 0.478. The summed E-state index contributed by atoms with van der Waals surface area (Å²) in [7, 11) is 2.91. The van der Waals surface area contributed by atoms with Crippen molar-refractivity contribution in [1.82, 2.24) is 5.32 Å². The van der Waals surface area contributed by atoms with Crippen LogP contribution in [-0.2, 0) is 20.7 Å². The molecule has 1 saturated carbocycles. The van der Waals surface area contributed by atoms with Crippen molar-refractivity contribution < 1.29 is 19.1 Å². The number of carbonyl (C=O) groups is 2. The lowest BCUT2D eigenvalue weighted by Gasteiger charge is -2.42. The molecule has 0 aliphatic heterocycles. The Hall–Kier alpha value is -1.75. The summed E-state index contributed by atoms with van der Waals surface area (Å²) in [5, 5.41) is 3.51. The van der Waals surface area contributed by atoms with E-state index in [-0.39, 0.29) is 23.7 Å². The number of carbonyl (C=O) groups excluding carboxylic acids is 2. The average Bonchev–Trinajstić information content (AvgIpc) is 2.61. The minimum Gasteiger partial charge on any atom is -0.496 e. The Kier molecular flexibility index (Phi) is 6.79. The van der Waals surface area contributed by atoms with Crippen molar-refractivity contribution in [2.45, 2.75) is 58.4 Å². The van der Waals surface area contributed by atoms with Gasteiger partial charge in [-0.25, -0.2) is 4.79 Å². The SMILES string of the molecule is COC(=O)C1(NC(=O)Cc2ccc(Cl)cc2OC)CCC(C(C)(C)C)CC1. The summed E-state index contributed by atoms with van der Waals surface area (Å²) in [6.07, 6.45) is 3.05. The molecule has 27 heavy (non-hydrogen) atoms. The van der Waals surface area contributed by atoms with Crippen LogP contribution in [0.5, 0.6) is 5.75 Å². The minimum atomic E-state index is -0.951. The maximum atomic E-state index is 12.7. The maximum absolute atomic E-state index is 12.7. The first-order valence-corrected chi connectivity index (χ1v) is 9.71. The van der Waals surface area contributed by atoms with Crippen molar-refractivity contribution in [3.05, 3.63) is 28.8 Å². The molecule has 1 fully saturated rings. The van der Waals surface area contributed by atoms with Crippen LogP contribution in [0.2, 0.25) is 5.02 Å². The Morgan fingerprint density at radius 2 is 1.85 bits per heavy atom. The molecule has 6 heteroatoms. The molecule has 150 valence electrons. The Morgan fingerprint density at radius 3 is 2.37 bits per heavy atom. The van der Waals surface area contributed by atoms with Crippen molar-refractivity contribution in [2.75, 3.05) is 14.2 Å². The summed E-state index contributed by atoms with van der Waals surface area (Å²) < 4.78 is 10.3. The number of ether oxygens (including phenoxy) is 2. The van der Waals surface area contributed by atoms with Crippen LogP contribution >= 0.6 is 11.6 Å². The van der Waals surface area contributed by atoms with Crippen LogP contribution in [0.3, 0.4) is 0 Å². The van der Waals surface area contributed by atoms with E-state index in [1.807, 2.05) is 0 Å². The Balaban J connectivity index is 2.13. The molecule has 2 rings (SSSR count). The normalized spacial score (nSPS) is 22.8. The van der Waals surface area contributed by atoms with Crippen LogP contribution in [0.1, 0.15) is 52.0 Å². The van der Waals surface area contributed by atoms with Crippen molar-refractivity contribution in [1.29, 1.82) is 0 Å². The number of nitrogens with one attached hydrogen (secondary N) is 1. The van der Waals surface area contributed by atoms with E-state index >= 15 is 0 Å². The van der Waals surface area contributed by atoms with Gasteiger partial charge in [0.1, 0.15) is 11.3 Å². The van der Waals surface area contributed by atoms with E-state index in [2.05, 4.69) is 26.1 Å². The third kappa shape index (κ3) is 5.16. The Bertz CT molecular complexity index is 688. The predicted molar refractivity (Wildman–Crippen MR) is 106 cm³/mol. The molecule has 0 aromatic heterocycles. The fraction of sp³-hybridized carbons (Fsp3) is 0.619. The topological polar surface area (TPSA) is 64.6 Å². The van der Waals surface area contributed by atoms with Gasteiger partial charge in [0.05, 0.1) is 20.6 Å². The fourth-order valence-corrected chi connectivity index (χ4v) is 4.06. The summed E-state index contributed by atoms with van der Waals surface area (Å²) in [5.41, 5.74) is -0.0428. The number of rotatable bonds is 5. The van der Waals surface area contributed by atoms with Crippen LogP contribution in [0.4, 0.5) is 0 Å². The zero-order valence-electron chi connectivity index (χ0n) is 16.9. The molecule has 0 unspecified atom stereocenters. The lowest BCUT2D eigenvalue weighted by atomic mass is 9.67. The summed E-state index contributed by atoms with van der Waals surface area (Å²) in [6, 6.07) is 5.16. The predicted octanol–water partition coefficient (Wildman–Crippen LogP) is 4.16. The molecule has 1 N–H and O–H groups in total. The van der Waals surface area contributed by atoms with Crippen LogP contribution in [0.15, 0.2) is 18.2 Å². The monoisotopic (exact) mass is 395 g/mol. The van der Waals surface area contributed by atoms with E-state index in [1.54, 1.807) is 18.2 Å². The maximum Gasteiger partial charge on any atom is 0.331 e. The summed E-state index contributed by atoms with van der Waals surface area (Å²) in [6.45, 7) is 6.65. The lowest BCUT2D eigenvalue weighted by Crippen LogP contribution is -2.57. The molecule has 0 radical (unpaired) electrons. The molecule has 5 nitrogen and oxygen atoms in total. The van der Waals surface area contributed by atoms with Gasteiger partial charge in [0.2, 0.25) is 5.91 Å². The van der Waals surface area contributed by atoms with E-state index in [9.17, 15) is 9.59 Å².